The highest BCUT2D eigenvalue weighted by atomic mass is 35.5. The average molecular weight is 650 g/mol. The van der Waals surface area contributed by atoms with Gasteiger partial charge in [-0.1, -0.05) is 72.6 Å². The minimum atomic E-state index is -4.07. The lowest BCUT2D eigenvalue weighted by atomic mass is 9.89. The number of ether oxygens (including phenoxy) is 1. The number of morpholine rings is 1. The number of nitrogens with zero attached hydrogens (tertiary/aromatic N) is 1. The first-order valence-corrected chi connectivity index (χ1v) is 16.2. The minimum Gasteiger partial charge on any atom is -0.481 e. The SMILES string of the molecule is CC[C@H](CNS(=O)(=O)C1(c2ccccc2F)CC1)N1C(=O)C(CC(=O)O)O[C@H](c2cccc(Cl)c2)[C@H]1c1ccc(Cl)cc1. The van der Waals surface area contributed by atoms with Crippen molar-refractivity contribution in [2.45, 2.75) is 61.6 Å². The number of carboxylic acids is 1. The van der Waals surface area contributed by atoms with E-state index in [9.17, 15) is 27.5 Å². The van der Waals surface area contributed by atoms with Crippen LogP contribution in [0.1, 0.15) is 61.4 Å². The Hall–Kier alpha value is -3.02. The molecular formula is C31H31Cl2FN2O6S. The van der Waals surface area contributed by atoms with E-state index < -0.39 is 63.2 Å². The standard InChI is InChI=1S/C31H31Cl2FN2O6S/c1-2-23(18-35-43(40,41)31(14-15-31)24-8-3-4-9-25(24)34)36-28(19-10-12-21(32)13-11-19)29(20-6-5-7-22(33)16-20)42-26(30(36)39)17-27(37)38/h3-13,16,23,26,28-29,35H,2,14-15,17-18H2,1H3,(H,37,38)/t23-,26?,28-,29-/m1/s1. The summed E-state index contributed by atoms with van der Waals surface area (Å²) in [6, 6.07) is 18.1. The number of carboxylic acid groups (broad SMARTS) is 1. The van der Waals surface area contributed by atoms with Crippen LogP contribution in [0.25, 0.3) is 0 Å². The second kappa shape index (κ2) is 12.5. The van der Waals surface area contributed by atoms with Crippen molar-refractivity contribution in [2.24, 2.45) is 0 Å². The normalized spacial score (nSPS) is 22.3. The summed E-state index contributed by atoms with van der Waals surface area (Å²) >= 11 is 12.5. The Kier molecular flexibility index (Phi) is 9.15. The molecule has 0 aromatic heterocycles. The van der Waals surface area contributed by atoms with Gasteiger partial charge in [-0.15, -0.1) is 0 Å². The molecule has 0 spiro atoms. The van der Waals surface area contributed by atoms with Gasteiger partial charge < -0.3 is 14.7 Å². The van der Waals surface area contributed by atoms with Gasteiger partial charge in [-0.05, 0) is 60.7 Å². The van der Waals surface area contributed by atoms with Gasteiger partial charge in [-0.3, -0.25) is 9.59 Å². The van der Waals surface area contributed by atoms with Crippen molar-refractivity contribution in [1.82, 2.24) is 9.62 Å². The summed E-state index contributed by atoms with van der Waals surface area (Å²) in [4.78, 5) is 27.3. The van der Waals surface area contributed by atoms with E-state index >= 15 is 0 Å². The van der Waals surface area contributed by atoms with Crippen LogP contribution in [-0.2, 0) is 29.1 Å². The average Bonchev–Trinajstić information content (AvgIpc) is 3.78. The van der Waals surface area contributed by atoms with Gasteiger partial charge in [0.2, 0.25) is 10.0 Å². The Morgan fingerprint density at radius 1 is 1.07 bits per heavy atom. The van der Waals surface area contributed by atoms with Gasteiger partial charge in [0, 0.05) is 28.2 Å². The van der Waals surface area contributed by atoms with Crippen LogP contribution in [0.15, 0.2) is 72.8 Å². The Balaban J connectivity index is 1.54. The van der Waals surface area contributed by atoms with E-state index in [1.165, 1.54) is 23.1 Å². The van der Waals surface area contributed by atoms with E-state index in [1.807, 2.05) is 6.92 Å². The molecule has 1 aliphatic carbocycles. The number of rotatable bonds is 11. The number of aliphatic carboxylic acids is 1. The largest absolute Gasteiger partial charge is 0.481 e. The third kappa shape index (κ3) is 6.30. The molecule has 43 heavy (non-hydrogen) atoms. The number of sulfonamides is 1. The van der Waals surface area contributed by atoms with Crippen LogP contribution in [0.3, 0.4) is 0 Å². The van der Waals surface area contributed by atoms with Crippen molar-refractivity contribution in [3.63, 3.8) is 0 Å². The maximum Gasteiger partial charge on any atom is 0.306 e. The first-order chi connectivity index (χ1) is 20.5. The first kappa shape index (κ1) is 31.4. The van der Waals surface area contributed by atoms with Crippen molar-refractivity contribution in [1.29, 1.82) is 0 Å². The zero-order valence-electron chi connectivity index (χ0n) is 23.3. The maximum absolute atomic E-state index is 14.7. The lowest BCUT2D eigenvalue weighted by Crippen LogP contribution is -2.57. The van der Waals surface area contributed by atoms with Gasteiger partial charge >= 0.3 is 5.97 Å². The predicted octanol–water partition coefficient (Wildman–Crippen LogP) is 6.00. The lowest BCUT2D eigenvalue weighted by molar-refractivity contribution is -0.183. The van der Waals surface area contributed by atoms with Gasteiger partial charge in [0.1, 0.15) is 22.8 Å². The predicted molar refractivity (Wildman–Crippen MR) is 161 cm³/mol. The summed E-state index contributed by atoms with van der Waals surface area (Å²) in [7, 11) is -4.07. The number of carbonyl (C=O) groups excluding carboxylic acids is 1. The Labute approximate surface area is 259 Å². The van der Waals surface area contributed by atoms with Crippen LogP contribution in [0.5, 0.6) is 0 Å². The highest BCUT2D eigenvalue weighted by molar-refractivity contribution is 7.90. The number of hydrogen-bond acceptors (Lipinski definition) is 5. The molecule has 1 saturated carbocycles. The topological polar surface area (TPSA) is 113 Å². The van der Waals surface area contributed by atoms with Crippen molar-refractivity contribution >= 4 is 45.1 Å². The number of carbonyl (C=O) groups is 2. The van der Waals surface area contributed by atoms with Gasteiger partial charge in [0.25, 0.3) is 5.91 Å². The molecule has 4 atom stereocenters. The fourth-order valence-corrected chi connectivity index (χ4v) is 7.92. The molecule has 3 aromatic rings. The van der Waals surface area contributed by atoms with E-state index in [2.05, 4.69) is 4.72 Å². The number of nitrogens with one attached hydrogen (secondary N) is 1. The van der Waals surface area contributed by atoms with Crippen LogP contribution in [-0.4, -0.2) is 49.0 Å². The molecule has 0 radical (unpaired) electrons. The molecule has 2 fully saturated rings. The number of hydrogen-bond donors (Lipinski definition) is 2. The van der Waals surface area contributed by atoms with E-state index in [0.717, 1.165) is 0 Å². The summed E-state index contributed by atoms with van der Waals surface area (Å²) in [5.74, 6) is -2.39. The molecule has 1 amide bonds. The van der Waals surface area contributed by atoms with Crippen LogP contribution in [0, 0.1) is 5.82 Å². The number of halogens is 3. The van der Waals surface area contributed by atoms with Crippen molar-refractivity contribution in [3.8, 4) is 0 Å². The minimum absolute atomic E-state index is 0.111. The van der Waals surface area contributed by atoms with Crippen LogP contribution >= 0.6 is 23.2 Å². The second-order valence-corrected chi connectivity index (χ2v) is 13.8. The molecule has 8 nitrogen and oxygen atoms in total. The third-order valence-electron chi connectivity index (χ3n) is 8.13. The Morgan fingerprint density at radius 3 is 2.37 bits per heavy atom. The van der Waals surface area contributed by atoms with E-state index in [-0.39, 0.29) is 24.9 Å². The molecule has 2 N–H and O–H groups in total. The summed E-state index contributed by atoms with van der Waals surface area (Å²) in [6.45, 7) is 1.64. The van der Waals surface area contributed by atoms with Crippen LogP contribution in [0.4, 0.5) is 4.39 Å². The fraction of sp³-hybridized carbons (Fsp3) is 0.355. The molecule has 5 rings (SSSR count). The Bertz CT molecular complexity index is 1620. The highest BCUT2D eigenvalue weighted by Crippen LogP contribution is 2.53. The molecule has 12 heteroatoms. The molecular weight excluding hydrogens is 618 g/mol. The van der Waals surface area contributed by atoms with Crippen molar-refractivity contribution in [2.75, 3.05) is 6.54 Å². The molecule has 2 aliphatic rings. The van der Waals surface area contributed by atoms with Crippen LogP contribution in [0.2, 0.25) is 10.0 Å². The number of amides is 1. The van der Waals surface area contributed by atoms with Crippen LogP contribution < -0.4 is 4.72 Å². The summed E-state index contributed by atoms with van der Waals surface area (Å²) in [5, 5.41) is 10.5. The molecule has 1 unspecified atom stereocenters. The van der Waals surface area contributed by atoms with Crippen molar-refractivity contribution in [3.05, 3.63) is 105 Å². The van der Waals surface area contributed by atoms with Gasteiger partial charge in [0.15, 0.2) is 0 Å². The maximum atomic E-state index is 14.7. The Morgan fingerprint density at radius 2 is 1.77 bits per heavy atom. The molecule has 1 heterocycles. The lowest BCUT2D eigenvalue weighted by Gasteiger charge is -2.48. The molecule has 228 valence electrons. The second-order valence-electron chi connectivity index (χ2n) is 10.8. The number of benzene rings is 3. The van der Waals surface area contributed by atoms with Gasteiger partial charge in [0.05, 0.1) is 12.5 Å². The van der Waals surface area contributed by atoms with E-state index in [1.54, 1.807) is 54.6 Å². The van der Waals surface area contributed by atoms with E-state index in [0.29, 0.717) is 27.6 Å². The molecule has 3 aromatic carbocycles. The van der Waals surface area contributed by atoms with E-state index in [4.69, 9.17) is 27.9 Å². The van der Waals surface area contributed by atoms with Gasteiger partial charge in [-0.25, -0.2) is 17.5 Å². The summed E-state index contributed by atoms with van der Waals surface area (Å²) < 4.78 is 49.5. The quantitative estimate of drug-likeness (QED) is 0.264. The van der Waals surface area contributed by atoms with Crippen molar-refractivity contribution < 1.29 is 32.2 Å². The molecule has 1 saturated heterocycles. The van der Waals surface area contributed by atoms with Gasteiger partial charge in [-0.2, -0.15) is 0 Å². The molecule has 1 aliphatic heterocycles. The first-order valence-electron chi connectivity index (χ1n) is 13.9. The zero-order chi connectivity index (χ0) is 30.9. The summed E-state index contributed by atoms with van der Waals surface area (Å²) in [5.41, 5.74) is 1.38. The fourth-order valence-electron chi connectivity index (χ4n) is 5.81. The molecule has 0 bridgehead atoms. The zero-order valence-corrected chi connectivity index (χ0v) is 25.6. The highest BCUT2D eigenvalue weighted by Gasteiger charge is 2.57. The monoisotopic (exact) mass is 648 g/mol. The summed E-state index contributed by atoms with van der Waals surface area (Å²) in [6.07, 6.45) is -1.89. The smallest absolute Gasteiger partial charge is 0.306 e. The third-order valence-corrected chi connectivity index (χ3v) is 10.8.